The van der Waals surface area contributed by atoms with Gasteiger partial charge in [-0.15, -0.1) is 0 Å². The highest BCUT2D eigenvalue weighted by atomic mass is 79.9. The highest BCUT2D eigenvalue weighted by Crippen LogP contribution is 2.29. The fraction of sp³-hybridized carbons (Fsp3) is 0.500. The van der Waals surface area contributed by atoms with Crippen LogP contribution < -0.4 is 0 Å². The van der Waals surface area contributed by atoms with Gasteiger partial charge in [-0.2, -0.15) is 5.10 Å². The summed E-state index contributed by atoms with van der Waals surface area (Å²) < 4.78 is 2.26. The number of aryl methyl sites for hydroxylation is 1. The minimum atomic E-state index is -1.16. The first-order chi connectivity index (χ1) is 5.99. The molecule has 1 atom stereocenters. The van der Waals surface area contributed by atoms with E-state index in [1.54, 1.807) is 24.9 Å². The Hall–Kier alpha value is -0.680. The number of carbonyl (C=O) groups excluding carboxylic acids is 1. The van der Waals surface area contributed by atoms with Crippen LogP contribution in [0.15, 0.2) is 10.7 Å². The molecule has 0 aliphatic rings. The van der Waals surface area contributed by atoms with Crippen molar-refractivity contribution < 1.29 is 9.90 Å². The summed E-state index contributed by atoms with van der Waals surface area (Å²) in [6.45, 7) is 1.59. The van der Waals surface area contributed by atoms with Crippen molar-refractivity contribution in [1.29, 1.82) is 0 Å². The van der Waals surface area contributed by atoms with E-state index in [0.717, 1.165) is 0 Å². The lowest BCUT2D eigenvalue weighted by Crippen LogP contribution is -2.25. The number of aldehydes is 1. The van der Waals surface area contributed by atoms with Gasteiger partial charge in [0.2, 0.25) is 0 Å². The number of aromatic nitrogens is 2. The van der Waals surface area contributed by atoms with Gasteiger partial charge in [0.25, 0.3) is 0 Å². The number of hydrogen-bond acceptors (Lipinski definition) is 3. The second-order valence-electron chi connectivity index (χ2n) is 3.11. The summed E-state index contributed by atoms with van der Waals surface area (Å²) in [5.74, 6) is 0. The maximum Gasteiger partial charge on any atom is 0.123 e. The molecule has 0 aliphatic heterocycles. The van der Waals surface area contributed by atoms with Gasteiger partial charge in [-0.25, -0.2) is 0 Å². The Morgan fingerprint density at radius 1 is 1.85 bits per heavy atom. The van der Waals surface area contributed by atoms with E-state index in [0.29, 0.717) is 16.5 Å². The molecule has 0 radical (unpaired) electrons. The van der Waals surface area contributed by atoms with Crippen molar-refractivity contribution in [3.05, 3.63) is 16.4 Å². The standard InChI is InChI=1S/C8H11BrN2O2/c1-8(13,3-4-12)7-6(9)5-10-11(7)2/h4-5,13H,3H2,1-2H3. The van der Waals surface area contributed by atoms with Gasteiger partial charge in [-0.05, 0) is 22.9 Å². The third kappa shape index (κ3) is 1.97. The average Bonchev–Trinajstić information content (AvgIpc) is 2.31. The topological polar surface area (TPSA) is 55.1 Å². The second-order valence-corrected chi connectivity index (χ2v) is 3.96. The molecule has 1 N–H and O–H groups in total. The van der Waals surface area contributed by atoms with Crippen molar-refractivity contribution in [3.63, 3.8) is 0 Å². The highest BCUT2D eigenvalue weighted by Gasteiger charge is 2.28. The molecule has 0 aliphatic carbocycles. The lowest BCUT2D eigenvalue weighted by atomic mass is 9.99. The maximum atomic E-state index is 10.3. The molecule has 1 heterocycles. The SMILES string of the molecule is Cn1ncc(Br)c1C(C)(O)CC=O. The van der Waals surface area contributed by atoms with Crippen LogP contribution in [0.25, 0.3) is 0 Å². The maximum absolute atomic E-state index is 10.3. The summed E-state index contributed by atoms with van der Waals surface area (Å²) in [5.41, 5.74) is -0.550. The van der Waals surface area contributed by atoms with Crippen molar-refractivity contribution in [2.75, 3.05) is 0 Å². The Labute approximate surface area is 84.7 Å². The normalized spacial score (nSPS) is 15.4. The van der Waals surface area contributed by atoms with Gasteiger partial charge in [0.05, 0.1) is 16.4 Å². The minimum Gasteiger partial charge on any atom is -0.383 e. The predicted molar refractivity (Wildman–Crippen MR) is 51.2 cm³/mol. The number of nitrogens with zero attached hydrogens (tertiary/aromatic N) is 2. The van der Waals surface area contributed by atoms with Crippen LogP contribution in [0.5, 0.6) is 0 Å². The molecule has 0 bridgehead atoms. The molecule has 4 nitrogen and oxygen atoms in total. The van der Waals surface area contributed by atoms with Crippen LogP contribution in [0.2, 0.25) is 0 Å². The lowest BCUT2D eigenvalue weighted by Gasteiger charge is -2.21. The van der Waals surface area contributed by atoms with Gasteiger partial charge < -0.3 is 9.90 Å². The van der Waals surface area contributed by atoms with Gasteiger partial charge in [-0.3, -0.25) is 4.68 Å². The van der Waals surface area contributed by atoms with E-state index < -0.39 is 5.60 Å². The number of halogens is 1. The van der Waals surface area contributed by atoms with Crippen LogP contribution in [0.4, 0.5) is 0 Å². The van der Waals surface area contributed by atoms with Gasteiger partial charge in [0, 0.05) is 13.5 Å². The van der Waals surface area contributed by atoms with E-state index in [9.17, 15) is 9.90 Å². The van der Waals surface area contributed by atoms with Crippen molar-refractivity contribution in [3.8, 4) is 0 Å². The lowest BCUT2D eigenvalue weighted by molar-refractivity contribution is -0.112. The molecule has 0 saturated heterocycles. The fourth-order valence-electron chi connectivity index (χ4n) is 1.28. The number of aliphatic hydroxyl groups is 1. The summed E-state index contributed by atoms with van der Waals surface area (Å²) in [6, 6.07) is 0. The molecule has 5 heteroatoms. The van der Waals surface area contributed by atoms with Crippen molar-refractivity contribution >= 4 is 22.2 Å². The number of hydrogen-bond donors (Lipinski definition) is 1. The Balaban J connectivity index is 3.11. The molecule has 1 aromatic rings. The van der Waals surface area contributed by atoms with Gasteiger partial charge in [0.1, 0.15) is 11.9 Å². The van der Waals surface area contributed by atoms with Crippen LogP contribution in [-0.2, 0) is 17.4 Å². The Bertz CT molecular complexity index is 300. The summed E-state index contributed by atoms with van der Waals surface area (Å²) in [5, 5.41) is 13.9. The Kier molecular flexibility index (Phi) is 2.87. The van der Waals surface area contributed by atoms with Crippen molar-refractivity contribution in [1.82, 2.24) is 9.78 Å². The van der Waals surface area contributed by atoms with Crippen LogP contribution in [0, 0.1) is 0 Å². The smallest absolute Gasteiger partial charge is 0.123 e. The predicted octanol–water partition coefficient (Wildman–Crippen LogP) is 0.979. The summed E-state index contributed by atoms with van der Waals surface area (Å²) in [7, 11) is 1.72. The molecule has 72 valence electrons. The summed E-state index contributed by atoms with van der Waals surface area (Å²) in [6.07, 6.45) is 2.35. The number of rotatable bonds is 3. The molecular formula is C8H11BrN2O2. The van der Waals surface area contributed by atoms with E-state index in [-0.39, 0.29) is 6.42 Å². The molecule has 0 amide bonds. The number of carbonyl (C=O) groups is 1. The van der Waals surface area contributed by atoms with Crippen LogP contribution in [0.1, 0.15) is 19.0 Å². The molecule has 0 spiro atoms. The first kappa shape index (κ1) is 10.4. The third-order valence-corrected chi connectivity index (χ3v) is 2.47. The van der Waals surface area contributed by atoms with E-state index in [1.807, 2.05) is 0 Å². The van der Waals surface area contributed by atoms with Gasteiger partial charge in [0.15, 0.2) is 0 Å². The molecule has 1 aromatic heterocycles. The van der Waals surface area contributed by atoms with Gasteiger partial charge >= 0.3 is 0 Å². The zero-order valence-electron chi connectivity index (χ0n) is 7.49. The van der Waals surface area contributed by atoms with Crippen LogP contribution in [-0.4, -0.2) is 21.2 Å². The first-order valence-corrected chi connectivity index (χ1v) is 4.62. The van der Waals surface area contributed by atoms with E-state index in [2.05, 4.69) is 21.0 Å². The zero-order chi connectivity index (χ0) is 10.1. The molecule has 0 aromatic carbocycles. The average molecular weight is 247 g/mol. The molecule has 1 rings (SSSR count). The highest BCUT2D eigenvalue weighted by molar-refractivity contribution is 9.10. The Morgan fingerprint density at radius 2 is 2.46 bits per heavy atom. The van der Waals surface area contributed by atoms with Crippen LogP contribution >= 0.6 is 15.9 Å². The molecule has 13 heavy (non-hydrogen) atoms. The summed E-state index contributed by atoms with van der Waals surface area (Å²) >= 11 is 3.26. The quantitative estimate of drug-likeness (QED) is 0.810. The monoisotopic (exact) mass is 246 g/mol. The minimum absolute atomic E-state index is 0.0606. The molecule has 0 saturated carbocycles. The summed E-state index contributed by atoms with van der Waals surface area (Å²) in [4.78, 5) is 10.3. The van der Waals surface area contributed by atoms with Crippen LogP contribution in [0.3, 0.4) is 0 Å². The molecule has 1 unspecified atom stereocenters. The first-order valence-electron chi connectivity index (χ1n) is 3.83. The van der Waals surface area contributed by atoms with E-state index in [4.69, 9.17) is 0 Å². The Morgan fingerprint density at radius 3 is 2.85 bits per heavy atom. The third-order valence-electron chi connectivity index (χ3n) is 1.89. The molecular weight excluding hydrogens is 236 g/mol. The van der Waals surface area contributed by atoms with E-state index in [1.165, 1.54) is 0 Å². The second kappa shape index (κ2) is 3.59. The fourth-order valence-corrected chi connectivity index (χ4v) is 2.05. The largest absolute Gasteiger partial charge is 0.383 e. The van der Waals surface area contributed by atoms with Crippen molar-refractivity contribution in [2.45, 2.75) is 18.9 Å². The zero-order valence-corrected chi connectivity index (χ0v) is 9.08. The van der Waals surface area contributed by atoms with Crippen molar-refractivity contribution in [2.24, 2.45) is 7.05 Å². The van der Waals surface area contributed by atoms with E-state index >= 15 is 0 Å². The molecule has 0 fully saturated rings. The van der Waals surface area contributed by atoms with Gasteiger partial charge in [-0.1, -0.05) is 0 Å².